The first-order valence-electron chi connectivity index (χ1n) is 9.35. The van der Waals surface area contributed by atoms with Crippen molar-refractivity contribution in [2.45, 2.75) is 31.8 Å². The summed E-state index contributed by atoms with van der Waals surface area (Å²) in [6.07, 6.45) is 5.21. The highest BCUT2D eigenvalue weighted by molar-refractivity contribution is 5.79. The average molecular weight is 369 g/mol. The first-order chi connectivity index (χ1) is 13.2. The second kappa shape index (κ2) is 7.84. The Balaban J connectivity index is 1.45. The molecule has 1 atom stereocenters. The van der Waals surface area contributed by atoms with E-state index in [1.54, 1.807) is 24.5 Å². The summed E-state index contributed by atoms with van der Waals surface area (Å²) in [6.45, 7) is 2.36. The van der Waals surface area contributed by atoms with Crippen molar-refractivity contribution in [1.29, 1.82) is 0 Å². The van der Waals surface area contributed by atoms with Crippen LogP contribution in [0.4, 0.5) is 0 Å². The number of benzene rings is 1. The lowest BCUT2D eigenvalue weighted by molar-refractivity contribution is -0.122. The largest absolute Gasteiger partial charge is 0.468 e. The predicted octanol–water partition coefficient (Wildman–Crippen LogP) is 2.53. The molecule has 0 radical (unpaired) electrons. The van der Waals surface area contributed by atoms with E-state index in [9.17, 15) is 9.59 Å². The Morgan fingerprint density at radius 1 is 1.11 bits per heavy atom. The minimum atomic E-state index is -0.523. The molecule has 0 spiro atoms. The van der Waals surface area contributed by atoms with Crippen molar-refractivity contribution in [3.8, 4) is 0 Å². The van der Waals surface area contributed by atoms with E-state index in [-0.39, 0.29) is 18.5 Å². The molecule has 3 heterocycles. The number of carbonyl (C=O) groups is 1. The number of hydrogen-bond acceptors (Lipinski definition) is 5. The highest BCUT2D eigenvalue weighted by atomic mass is 16.4. The summed E-state index contributed by atoms with van der Waals surface area (Å²) < 4.78 is 12.1. The third kappa shape index (κ3) is 3.83. The van der Waals surface area contributed by atoms with E-state index >= 15 is 0 Å². The molecule has 1 saturated heterocycles. The molecule has 1 unspecified atom stereocenters. The molecular formula is C20H23N3O4. The van der Waals surface area contributed by atoms with Crippen molar-refractivity contribution in [2.75, 3.05) is 19.6 Å². The van der Waals surface area contributed by atoms with Gasteiger partial charge in [0.05, 0.1) is 17.8 Å². The minimum absolute atomic E-state index is 0.00191. The van der Waals surface area contributed by atoms with Crippen molar-refractivity contribution in [1.82, 2.24) is 14.8 Å². The second-order valence-electron chi connectivity index (χ2n) is 6.85. The van der Waals surface area contributed by atoms with E-state index in [1.807, 2.05) is 18.2 Å². The van der Waals surface area contributed by atoms with Crippen LogP contribution in [0, 0.1) is 0 Å². The number of furan rings is 1. The maximum atomic E-state index is 12.5. The monoisotopic (exact) mass is 369 g/mol. The second-order valence-corrected chi connectivity index (χ2v) is 6.85. The van der Waals surface area contributed by atoms with Gasteiger partial charge >= 0.3 is 5.76 Å². The SMILES string of the molecule is O=C(Cn1c(=O)oc2ccccc21)NCC(c1ccco1)N1CCCCC1. The molecule has 2 aromatic heterocycles. The van der Waals surface area contributed by atoms with Crippen molar-refractivity contribution in [3.63, 3.8) is 0 Å². The Hall–Kier alpha value is -2.80. The smallest absolute Gasteiger partial charge is 0.420 e. The number of likely N-dealkylation sites (tertiary alicyclic amines) is 1. The van der Waals surface area contributed by atoms with Crippen LogP contribution < -0.4 is 11.1 Å². The number of fused-ring (bicyclic) bond motifs is 1. The molecule has 1 aliphatic heterocycles. The molecule has 27 heavy (non-hydrogen) atoms. The van der Waals surface area contributed by atoms with Crippen molar-refractivity contribution in [2.24, 2.45) is 0 Å². The maximum Gasteiger partial charge on any atom is 0.420 e. The fraction of sp³-hybridized carbons (Fsp3) is 0.400. The third-order valence-electron chi connectivity index (χ3n) is 5.07. The molecule has 1 fully saturated rings. The van der Waals surface area contributed by atoms with Gasteiger partial charge in [0.15, 0.2) is 5.58 Å². The Labute approximate surface area is 156 Å². The van der Waals surface area contributed by atoms with Crippen LogP contribution in [0.15, 0.2) is 56.3 Å². The van der Waals surface area contributed by atoms with Gasteiger partial charge < -0.3 is 14.2 Å². The number of oxazole rings is 1. The summed E-state index contributed by atoms with van der Waals surface area (Å²) in [6, 6.07) is 10.9. The fourth-order valence-electron chi connectivity index (χ4n) is 3.69. The summed E-state index contributed by atoms with van der Waals surface area (Å²) in [5.74, 6) is 0.102. The van der Waals surface area contributed by atoms with Gasteiger partial charge in [0, 0.05) is 6.54 Å². The van der Waals surface area contributed by atoms with Crippen molar-refractivity contribution < 1.29 is 13.6 Å². The molecule has 1 N–H and O–H groups in total. The number of nitrogens with zero attached hydrogens (tertiary/aromatic N) is 2. The number of piperidine rings is 1. The molecule has 142 valence electrons. The zero-order valence-electron chi connectivity index (χ0n) is 15.1. The maximum absolute atomic E-state index is 12.5. The van der Waals surface area contributed by atoms with Gasteiger partial charge in [0.25, 0.3) is 0 Å². The summed E-state index contributed by atoms with van der Waals surface area (Å²) in [7, 11) is 0. The lowest BCUT2D eigenvalue weighted by Gasteiger charge is -2.33. The van der Waals surface area contributed by atoms with Gasteiger partial charge in [-0.25, -0.2) is 4.79 Å². The predicted molar refractivity (Wildman–Crippen MR) is 100 cm³/mol. The van der Waals surface area contributed by atoms with Gasteiger partial charge in [0.2, 0.25) is 5.91 Å². The van der Waals surface area contributed by atoms with Crippen molar-refractivity contribution >= 4 is 17.0 Å². The summed E-state index contributed by atoms with van der Waals surface area (Å²) in [5.41, 5.74) is 1.10. The van der Waals surface area contributed by atoms with Gasteiger partial charge in [-0.05, 0) is 50.2 Å². The van der Waals surface area contributed by atoms with Gasteiger partial charge in [0.1, 0.15) is 12.3 Å². The lowest BCUT2D eigenvalue weighted by Crippen LogP contribution is -2.41. The molecule has 0 saturated carbocycles. The Kier molecular flexibility index (Phi) is 5.11. The van der Waals surface area contributed by atoms with Gasteiger partial charge in [-0.15, -0.1) is 0 Å². The topological polar surface area (TPSA) is 80.6 Å². The number of para-hydroxylation sites is 2. The molecule has 0 aliphatic carbocycles. The van der Waals surface area contributed by atoms with Crippen LogP contribution in [-0.2, 0) is 11.3 Å². The highest BCUT2D eigenvalue weighted by Gasteiger charge is 2.25. The van der Waals surface area contributed by atoms with E-state index in [0.717, 1.165) is 31.7 Å². The summed E-state index contributed by atoms with van der Waals surface area (Å²) in [4.78, 5) is 26.9. The number of carbonyl (C=O) groups excluding carboxylic acids is 1. The zero-order valence-corrected chi connectivity index (χ0v) is 15.1. The number of rotatable bonds is 6. The van der Waals surface area contributed by atoms with Crippen LogP contribution in [0.25, 0.3) is 11.1 Å². The lowest BCUT2D eigenvalue weighted by atomic mass is 10.1. The summed E-state index contributed by atoms with van der Waals surface area (Å²) in [5, 5.41) is 2.96. The Bertz CT molecular complexity index is 951. The van der Waals surface area contributed by atoms with Crippen LogP contribution in [0.5, 0.6) is 0 Å². The molecule has 1 aromatic carbocycles. The number of nitrogens with one attached hydrogen (secondary N) is 1. The van der Waals surface area contributed by atoms with Crippen LogP contribution in [0.1, 0.15) is 31.1 Å². The highest BCUT2D eigenvalue weighted by Crippen LogP contribution is 2.24. The Morgan fingerprint density at radius 3 is 2.70 bits per heavy atom. The van der Waals surface area contributed by atoms with Crippen LogP contribution in [-0.4, -0.2) is 35.0 Å². The van der Waals surface area contributed by atoms with E-state index in [0.29, 0.717) is 17.6 Å². The van der Waals surface area contributed by atoms with E-state index in [4.69, 9.17) is 8.83 Å². The van der Waals surface area contributed by atoms with Gasteiger partial charge in [-0.2, -0.15) is 0 Å². The van der Waals surface area contributed by atoms with Crippen LogP contribution in [0.2, 0.25) is 0 Å². The molecule has 1 aliphatic rings. The standard InChI is InChI=1S/C20H23N3O4/c24-19(14-23-15-7-2-3-8-18(15)27-20(23)25)21-13-16(17-9-6-12-26-17)22-10-4-1-5-11-22/h2-3,6-9,12,16H,1,4-5,10-11,13-14H2,(H,21,24). The molecule has 7 nitrogen and oxygen atoms in total. The number of hydrogen-bond donors (Lipinski definition) is 1. The molecular weight excluding hydrogens is 346 g/mol. The van der Waals surface area contributed by atoms with Gasteiger partial charge in [-0.1, -0.05) is 18.6 Å². The van der Waals surface area contributed by atoms with E-state index in [1.165, 1.54) is 11.0 Å². The van der Waals surface area contributed by atoms with E-state index < -0.39 is 5.76 Å². The average Bonchev–Trinajstić information content (AvgIpc) is 3.32. The number of aromatic nitrogens is 1. The quantitative estimate of drug-likeness (QED) is 0.722. The first kappa shape index (κ1) is 17.6. The summed E-state index contributed by atoms with van der Waals surface area (Å²) >= 11 is 0. The van der Waals surface area contributed by atoms with Crippen LogP contribution in [0.3, 0.4) is 0 Å². The Morgan fingerprint density at radius 2 is 1.93 bits per heavy atom. The van der Waals surface area contributed by atoms with Crippen LogP contribution >= 0.6 is 0 Å². The molecule has 3 aromatic rings. The normalized spacial score (nSPS) is 16.4. The van der Waals surface area contributed by atoms with Gasteiger partial charge in [-0.3, -0.25) is 14.3 Å². The molecule has 4 rings (SSSR count). The zero-order chi connectivity index (χ0) is 18.6. The number of amides is 1. The van der Waals surface area contributed by atoms with E-state index in [2.05, 4.69) is 10.2 Å². The molecule has 7 heteroatoms. The third-order valence-corrected chi connectivity index (χ3v) is 5.07. The first-order valence-corrected chi connectivity index (χ1v) is 9.35. The fourth-order valence-corrected chi connectivity index (χ4v) is 3.69. The van der Waals surface area contributed by atoms with Crippen molar-refractivity contribution in [3.05, 3.63) is 59.0 Å². The molecule has 0 bridgehead atoms. The minimum Gasteiger partial charge on any atom is -0.468 e. The molecule has 1 amide bonds.